The molecule has 1 unspecified atom stereocenters. The number of hydrogen-bond acceptors (Lipinski definition) is 2. The lowest BCUT2D eigenvalue weighted by molar-refractivity contribution is 0.226. The van der Waals surface area contributed by atoms with Crippen molar-refractivity contribution in [2.45, 2.75) is 46.1 Å². The van der Waals surface area contributed by atoms with Crippen LogP contribution in [0.1, 0.15) is 40.0 Å². The summed E-state index contributed by atoms with van der Waals surface area (Å²) in [7, 11) is 0. The van der Waals surface area contributed by atoms with E-state index < -0.39 is 0 Å². The van der Waals surface area contributed by atoms with Gasteiger partial charge in [-0.1, -0.05) is 13.8 Å². The van der Waals surface area contributed by atoms with Gasteiger partial charge in [0.15, 0.2) is 0 Å². The second-order valence-electron chi connectivity index (χ2n) is 4.23. The van der Waals surface area contributed by atoms with E-state index in [1.165, 1.54) is 19.3 Å². The first kappa shape index (κ1) is 10.5. The molecule has 1 heterocycles. The quantitative estimate of drug-likeness (QED) is 0.667. The van der Waals surface area contributed by atoms with Gasteiger partial charge in [-0.05, 0) is 38.1 Å². The van der Waals surface area contributed by atoms with Crippen molar-refractivity contribution in [3.63, 3.8) is 0 Å². The molecule has 0 N–H and O–H groups in total. The Hall–Kier alpha value is -0.550. The third-order valence-electron chi connectivity index (χ3n) is 3.70. The molecule has 2 heteroatoms. The molecule has 0 aromatic rings. The molecule has 1 rings (SSSR count). The first-order valence-corrected chi connectivity index (χ1v) is 5.31. The Morgan fingerprint density at radius 2 is 2.08 bits per heavy atom. The van der Waals surface area contributed by atoms with Crippen LogP contribution in [0.5, 0.6) is 0 Å². The molecule has 74 valence electrons. The van der Waals surface area contributed by atoms with Gasteiger partial charge < -0.3 is 0 Å². The summed E-state index contributed by atoms with van der Waals surface area (Å²) in [5, 5.41) is 8.82. The van der Waals surface area contributed by atoms with E-state index in [9.17, 15) is 0 Å². The summed E-state index contributed by atoms with van der Waals surface area (Å²) in [6.07, 6.45) is 3.77. The molecule has 1 fully saturated rings. The highest BCUT2D eigenvalue weighted by Crippen LogP contribution is 2.37. The van der Waals surface area contributed by atoms with Crippen LogP contribution in [0, 0.1) is 16.7 Å². The van der Waals surface area contributed by atoms with Gasteiger partial charge in [0.25, 0.3) is 0 Å². The van der Waals surface area contributed by atoms with Gasteiger partial charge in [0.05, 0.1) is 12.1 Å². The lowest BCUT2D eigenvalue weighted by Crippen LogP contribution is -2.32. The maximum atomic E-state index is 8.82. The van der Waals surface area contributed by atoms with Crippen molar-refractivity contribution in [3.05, 3.63) is 0 Å². The van der Waals surface area contributed by atoms with E-state index >= 15 is 0 Å². The van der Waals surface area contributed by atoms with Crippen molar-refractivity contribution < 1.29 is 0 Å². The minimum atomic E-state index is 0.0972. The van der Waals surface area contributed by atoms with Gasteiger partial charge in [0.1, 0.15) is 0 Å². The smallest absolute Gasteiger partial charge is 0.0949 e. The van der Waals surface area contributed by atoms with Crippen LogP contribution >= 0.6 is 0 Å². The van der Waals surface area contributed by atoms with Crippen molar-refractivity contribution in [1.29, 1.82) is 5.26 Å². The molecule has 1 aliphatic heterocycles. The van der Waals surface area contributed by atoms with Crippen molar-refractivity contribution in [1.82, 2.24) is 4.90 Å². The molecule has 2 nitrogen and oxygen atoms in total. The van der Waals surface area contributed by atoms with E-state index in [0.717, 1.165) is 13.1 Å². The standard InChI is InChI=1S/C11H20N2/c1-4-11(5-2)6-7-13(9-11)10(3)8-12/h10H,4-7,9H2,1-3H3. The number of hydrogen-bond donors (Lipinski definition) is 0. The fraction of sp³-hybridized carbons (Fsp3) is 0.909. The Kier molecular flexibility index (Phi) is 3.33. The average molecular weight is 180 g/mol. The van der Waals surface area contributed by atoms with E-state index in [4.69, 9.17) is 5.26 Å². The first-order chi connectivity index (χ1) is 6.17. The van der Waals surface area contributed by atoms with Gasteiger partial charge >= 0.3 is 0 Å². The van der Waals surface area contributed by atoms with Gasteiger partial charge in [-0.2, -0.15) is 5.26 Å². The second kappa shape index (κ2) is 4.11. The van der Waals surface area contributed by atoms with Crippen molar-refractivity contribution in [2.24, 2.45) is 5.41 Å². The van der Waals surface area contributed by atoms with Crippen molar-refractivity contribution in [3.8, 4) is 6.07 Å². The summed E-state index contributed by atoms with van der Waals surface area (Å²) >= 11 is 0. The maximum absolute atomic E-state index is 8.82. The van der Waals surface area contributed by atoms with E-state index in [-0.39, 0.29) is 6.04 Å². The minimum absolute atomic E-state index is 0.0972. The van der Waals surface area contributed by atoms with Gasteiger partial charge in [-0.3, -0.25) is 4.90 Å². The van der Waals surface area contributed by atoms with Gasteiger partial charge in [0, 0.05) is 6.54 Å². The Labute approximate surface area is 81.5 Å². The second-order valence-corrected chi connectivity index (χ2v) is 4.23. The SMILES string of the molecule is CCC1(CC)CCN(C(C)C#N)C1. The molecule has 0 aliphatic carbocycles. The van der Waals surface area contributed by atoms with Crippen LogP contribution in [0.3, 0.4) is 0 Å². The third kappa shape index (κ3) is 2.03. The summed E-state index contributed by atoms with van der Waals surface area (Å²) in [6, 6.07) is 2.42. The predicted octanol–water partition coefficient (Wildman–Crippen LogP) is 2.41. The van der Waals surface area contributed by atoms with Gasteiger partial charge in [0.2, 0.25) is 0 Å². The molecular formula is C11H20N2. The van der Waals surface area contributed by atoms with E-state index in [0.29, 0.717) is 5.41 Å². The molecule has 0 radical (unpaired) electrons. The minimum Gasteiger partial charge on any atom is -0.288 e. The summed E-state index contributed by atoms with van der Waals surface area (Å²) in [6.45, 7) is 8.76. The number of nitrogens with zero attached hydrogens (tertiary/aromatic N) is 2. The van der Waals surface area contributed by atoms with Crippen LogP contribution < -0.4 is 0 Å². The van der Waals surface area contributed by atoms with Crippen molar-refractivity contribution >= 4 is 0 Å². The molecule has 0 aromatic carbocycles. The van der Waals surface area contributed by atoms with Crippen LogP contribution in [0.25, 0.3) is 0 Å². The normalized spacial score (nSPS) is 24.2. The largest absolute Gasteiger partial charge is 0.288 e. The third-order valence-corrected chi connectivity index (χ3v) is 3.70. The highest BCUT2D eigenvalue weighted by molar-refractivity contribution is 4.96. The summed E-state index contributed by atoms with van der Waals surface area (Å²) in [5.74, 6) is 0. The number of likely N-dealkylation sites (tertiary alicyclic amines) is 1. The maximum Gasteiger partial charge on any atom is 0.0949 e. The van der Waals surface area contributed by atoms with Crippen molar-refractivity contribution in [2.75, 3.05) is 13.1 Å². The van der Waals surface area contributed by atoms with Crippen LogP contribution in [0.15, 0.2) is 0 Å². The number of rotatable bonds is 3. The lowest BCUT2D eigenvalue weighted by atomic mass is 9.82. The molecule has 0 amide bonds. The first-order valence-electron chi connectivity index (χ1n) is 5.31. The fourth-order valence-electron chi connectivity index (χ4n) is 2.21. The molecule has 1 aliphatic rings. The molecule has 0 bridgehead atoms. The monoisotopic (exact) mass is 180 g/mol. The van der Waals surface area contributed by atoms with Gasteiger partial charge in [-0.25, -0.2) is 0 Å². The summed E-state index contributed by atoms with van der Waals surface area (Å²) in [4.78, 5) is 2.31. The van der Waals surface area contributed by atoms with Crippen LogP contribution in [-0.4, -0.2) is 24.0 Å². The van der Waals surface area contributed by atoms with Crippen LogP contribution in [0.4, 0.5) is 0 Å². The lowest BCUT2D eigenvalue weighted by Gasteiger charge is -2.27. The Bertz CT molecular complexity index is 201. The highest BCUT2D eigenvalue weighted by Gasteiger charge is 2.36. The average Bonchev–Trinajstić information content (AvgIpc) is 2.61. The molecule has 13 heavy (non-hydrogen) atoms. The molecular weight excluding hydrogens is 160 g/mol. The van der Waals surface area contributed by atoms with Crippen LogP contribution in [0.2, 0.25) is 0 Å². The van der Waals surface area contributed by atoms with E-state index in [1.54, 1.807) is 0 Å². The zero-order chi connectivity index (χ0) is 9.90. The summed E-state index contributed by atoms with van der Waals surface area (Å²) in [5.41, 5.74) is 0.505. The van der Waals surface area contributed by atoms with E-state index in [2.05, 4.69) is 24.8 Å². The van der Waals surface area contributed by atoms with Crippen LogP contribution in [-0.2, 0) is 0 Å². The highest BCUT2D eigenvalue weighted by atomic mass is 15.2. The predicted molar refractivity (Wildman–Crippen MR) is 54.3 cm³/mol. The molecule has 0 saturated carbocycles. The Morgan fingerprint density at radius 3 is 2.46 bits per heavy atom. The topological polar surface area (TPSA) is 27.0 Å². The van der Waals surface area contributed by atoms with E-state index in [1.807, 2.05) is 6.92 Å². The fourth-order valence-corrected chi connectivity index (χ4v) is 2.21. The number of nitriles is 1. The zero-order valence-electron chi connectivity index (χ0n) is 9.01. The van der Waals surface area contributed by atoms with Gasteiger partial charge in [-0.15, -0.1) is 0 Å². The summed E-state index contributed by atoms with van der Waals surface area (Å²) < 4.78 is 0. The Morgan fingerprint density at radius 1 is 1.46 bits per heavy atom. The molecule has 0 aromatic heterocycles. The molecule has 1 saturated heterocycles. The Balaban J connectivity index is 2.57. The zero-order valence-corrected chi connectivity index (χ0v) is 9.01. The molecule has 1 atom stereocenters. The molecule has 0 spiro atoms.